The van der Waals surface area contributed by atoms with Crippen LogP contribution in [0.5, 0.6) is 5.75 Å². The number of nitrogens with one attached hydrogen (secondary N) is 1. The molecular formula is C12H16F2N2O. The van der Waals surface area contributed by atoms with Crippen molar-refractivity contribution in [3.8, 4) is 5.75 Å². The summed E-state index contributed by atoms with van der Waals surface area (Å²) in [5.74, 6) is -1.01. The van der Waals surface area contributed by atoms with E-state index in [0.29, 0.717) is 18.2 Å². The molecule has 1 aromatic rings. The lowest BCUT2D eigenvalue weighted by Crippen LogP contribution is -2.55. The Bertz CT molecular complexity index is 408. The molecule has 0 bridgehead atoms. The second-order valence-corrected chi connectivity index (χ2v) is 4.31. The monoisotopic (exact) mass is 242 g/mol. The number of benzene rings is 1. The van der Waals surface area contributed by atoms with Gasteiger partial charge in [0.15, 0.2) is 11.6 Å². The highest BCUT2D eigenvalue weighted by molar-refractivity contribution is 5.30. The van der Waals surface area contributed by atoms with E-state index in [1.54, 1.807) is 0 Å². The van der Waals surface area contributed by atoms with Crippen molar-refractivity contribution in [3.05, 3.63) is 29.3 Å². The lowest BCUT2D eigenvalue weighted by molar-refractivity contribution is 0.171. The number of nitrogens with zero attached hydrogens (tertiary/aromatic N) is 1. The maximum absolute atomic E-state index is 13.7. The molecule has 1 N–H and O–H groups in total. The molecule has 1 heterocycles. The van der Waals surface area contributed by atoms with Crippen molar-refractivity contribution in [1.29, 1.82) is 0 Å². The molecule has 1 aliphatic rings. The van der Waals surface area contributed by atoms with Crippen LogP contribution in [0.25, 0.3) is 0 Å². The van der Waals surface area contributed by atoms with Crippen molar-refractivity contribution < 1.29 is 13.5 Å². The summed E-state index contributed by atoms with van der Waals surface area (Å²) in [4.78, 5) is 2.01. The van der Waals surface area contributed by atoms with Crippen LogP contribution in [0.3, 0.4) is 0 Å². The minimum absolute atomic E-state index is 0.0563. The van der Waals surface area contributed by atoms with Crippen LogP contribution < -0.4 is 10.1 Å². The minimum atomic E-state index is -0.524. The molecular weight excluding hydrogens is 226 g/mol. The van der Waals surface area contributed by atoms with Crippen LogP contribution in [0.15, 0.2) is 12.1 Å². The molecule has 0 aliphatic carbocycles. The smallest absolute Gasteiger partial charge is 0.165 e. The number of hydrogen-bond acceptors (Lipinski definition) is 3. The summed E-state index contributed by atoms with van der Waals surface area (Å²) in [6.45, 7) is 2.20. The van der Waals surface area contributed by atoms with Crippen LogP contribution in [-0.2, 0) is 6.54 Å². The van der Waals surface area contributed by atoms with Crippen molar-refractivity contribution in [2.24, 2.45) is 0 Å². The largest absolute Gasteiger partial charge is 0.494 e. The number of hydrogen-bond donors (Lipinski definition) is 1. The summed E-state index contributed by atoms with van der Waals surface area (Å²) in [6, 6.07) is 2.70. The van der Waals surface area contributed by atoms with Crippen molar-refractivity contribution in [2.45, 2.75) is 12.6 Å². The minimum Gasteiger partial charge on any atom is -0.494 e. The average Bonchev–Trinajstić information content (AvgIpc) is 2.20. The third-order valence-corrected chi connectivity index (χ3v) is 3.12. The Morgan fingerprint density at radius 3 is 2.59 bits per heavy atom. The average molecular weight is 242 g/mol. The van der Waals surface area contributed by atoms with E-state index in [1.807, 2.05) is 11.9 Å². The fraction of sp³-hybridized carbons (Fsp3) is 0.500. The summed E-state index contributed by atoms with van der Waals surface area (Å²) in [5.41, 5.74) is 0.359. The number of halogens is 2. The van der Waals surface area contributed by atoms with Gasteiger partial charge < -0.3 is 10.1 Å². The fourth-order valence-electron chi connectivity index (χ4n) is 1.83. The molecule has 0 aromatic heterocycles. The van der Waals surface area contributed by atoms with Gasteiger partial charge in [-0.2, -0.15) is 0 Å². The highest BCUT2D eigenvalue weighted by Crippen LogP contribution is 2.22. The molecule has 94 valence electrons. The maximum atomic E-state index is 13.7. The van der Waals surface area contributed by atoms with Crippen molar-refractivity contribution in [3.63, 3.8) is 0 Å². The molecule has 3 nitrogen and oxygen atoms in total. The molecule has 0 amide bonds. The Labute approximate surface area is 99.4 Å². The molecule has 1 fully saturated rings. The topological polar surface area (TPSA) is 24.5 Å². The summed E-state index contributed by atoms with van der Waals surface area (Å²) in [6.07, 6.45) is 0. The van der Waals surface area contributed by atoms with E-state index < -0.39 is 11.6 Å². The summed E-state index contributed by atoms with van der Waals surface area (Å²) in [7, 11) is 3.23. The highest BCUT2D eigenvalue weighted by Gasteiger charge is 2.22. The molecule has 0 saturated carbocycles. The van der Waals surface area contributed by atoms with Gasteiger partial charge in [0, 0.05) is 37.3 Å². The summed E-state index contributed by atoms with van der Waals surface area (Å²) >= 11 is 0. The predicted molar refractivity (Wildman–Crippen MR) is 61.0 cm³/mol. The first kappa shape index (κ1) is 12.3. The predicted octanol–water partition coefficient (Wildman–Crippen LogP) is 1.38. The van der Waals surface area contributed by atoms with Crippen LogP contribution in [-0.4, -0.2) is 38.2 Å². The quantitative estimate of drug-likeness (QED) is 0.863. The molecule has 0 unspecified atom stereocenters. The Morgan fingerprint density at radius 2 is 2.06 bits per heavy atom. The van der Waals surface area contributed by atoms with E-state index in [4.69, 9.17) is 4.74 Å². The molecule has 0 spiro atoms. The lowest BCUT2D eigenvalue weighted by atomic mass is 10.1. The molecule has 17 heavy (non-hydrogen) atoms. The van der Waals surface area contributed by atoms with Gasteiger partial charge >= 0.3 is 0 Å². The molecule has 1 aliphatic heterocycles. The van der Waals surface area contributed by atoms with Gasteiger partial charge in [-0.1, -0.05) is 0 Å². The third kappa shape index (κ3) is 2.56. The van der Waals surface area contributed by atoms with Crippen molar-refractivity contribution >= 4 is 0 Å². The van der Waals surface area contributed by atoms with Gasteiger partial charge in [0.1, 0.15) is 5.82 Å². The standard InChI is InChI=1S/C12H16F2N2O/c1-16(9-5-15-6-9)7-8-3-11(14)12(17-2)4-10(8)13/h3-4,9,15H,5-7H2,1-2H3. The first-order valence-electron chi connectivity index (χ1n) is 5.54. The van der Waals surface area contributed by atoms with Crippen LogP contribution >= 0.6 is 0 Å². The lowest BCUT2D eigenvalue weighted by Gasteiger charge is -2.35. The van der Waals surface area contributed by atoms with Gasteiger partial charge in [-0.05, 0) is 13.1 Å². The molecule has 0 atom stereocenters. The zero-order valence-corrected chi connectivity index (χ0v) is 9.96. The molecule has 2 rings (SSSR count). The third-order valence-electron chi connectivity index (χ3n) is 3.12. The number of rotatable bonds is 4. The van der Waals surface area contributed by atoms with Gasteiger partial charge in [-0.25, -0.2) is 8.78 Å². The molecule has 1 aromatic carbocycles. The number of ether oxygens (including phenoxy) is 1. The summed E-state index contributed by atoms with van der Waals surface area (Å²) < 4.78 is 31.9. The summed E-state index contributed by atoms with van der Waals surface area (Å²) in [5, 5.41) is 3.14. The first-order valence-corrected chi connectivity index (χ1v) is 5.54. The van der Waals surface area contributed by atoms with Crippen molar-refractivity contribution in [1.82, 2.24) is 10.2 Å². The van der Waals surface area contributed by atoms with Crippen LogP contribution in [0.2, 0.25) is 0 Å². The van der Waals surface area contributed by atoms with Crippen LogP contribution in [0.4, 0.5) is 8.78 Å². The Kier molecular flexibility index (Phi) is 3.59. The molecule has 5 heteroatoms. The van der Waals surface area contributed by atoms with E-state index in [9.17, 15) is 8.78 Å². The van der Waals surface area contributed by atoms with Crippen LogP contribution in [0, 0.1) is 11.6 Å². The highest BCUT2D eigenvalue weighted by atomic mass is 19.1. The van der Waals surface area contributed by atoms with Gasteiger partial charge in [0.2, 0.25) is 0 Å². The Hall–Kier alpha value is -1.20. The number of likely N-dealkylation sites (N-methyl/N-ethyl adjacent to an activating group) is 1. The van der Waals surface area contributed by atoms with Gasteiger partial charge in [0.25, 0.3) is 0 Å². The zero-order chi connectivity index (χ0) is 12.4. The van der Waals surface area contributed by atoms with Gasteiger partial charge in [-0.3, -0.25) is 4.90 Å². The molecule has 1 saturated heterocycles. The second-order valence-electron chi connectivity index (χ2n) is 4.31. The molecule has 0 radical (unpaired) electrons. The van der Waals surface area contributed by atoms with E-state index in [0.717, 1.165) is 19.2 Å². The van der Waals surface area contributed by atoms with E-state index in [1.165, 1.54) is 13.2 Å². The van der Waals surface area contributed by atoms with E-state index >= 15 is 0 Å². The maximum Gasteiger partial charge on any atom is 0.165 e. The first-order chi connectivity index (χ1) is 8.11. The van der Waals surface area contributed by atoms with E-state index in [2.05, 4.69) is 5.32 Å². The van der Waals surface area contributed by atoms with Gasteiger partial charge in [0.05, 0.1) is 7.11 Å². The van der Waals surface area contributed by atoms with E-state index in [-0.39, 0.29) is 5.75 Å². The second kappa shape index (κ2) is 4.98. The Balaban J connectivity index is 2.12. The fourth-order valence-corrected chi connectivity index (χ4v) is 1.83. The Morgan fingerprint density at radius 1 is 1.35 bits per heavy atom. The van der Waals surface area contributed by atoms with Crippen molar-refractivity contribution in [2.75, 3.05) is 27.2 Å². The van der Waals surface area contributed by atoms with Crippen LogP contribution in [0.1, 0.15) is 5.56 Å². The number of methoxy groups -OCH3 is 1. The SMILES string of the molecule is COc1cc(F)c(CN(C)C2CNC2)cc1F. The van der Waals surface area contributed by atoms with Gasteiger partial charge in [-0.15, -0.1) is 0 Å². The zero-order valence-electron chi connectivity index (χ0n) is 9.96. The normalized spacial score (nSPS) is 16.1.